The van der Waals surface area contributed by atoms with Crippen LogP contribution >= 0.6 is 22.9 Å². The van der Waals surface area contributed by atoms with Crippen molar-refractivity contribution in [3.05, 3.63) is 39.8 Å². The normalized spacial score (nSPS) is 19.3. The molecule has 2 aliphatic rings. The van der Waals surface area contributed by atoms with Crippen molar-refractivity contribution in [2.24, 2.45) is 0 Å². The predicted octanol–water partition coefficient (Wildman–Crippen LogP) is 4.26. The molecule has 0 bridgehead atoms. The van der Waals surface area contributed by atoms with E-state index in [4.69, 9.17) is 25.5 Å². The van der Waals surface area contributed by atoms with Crippen molar-refractivity contribution in [3.8, 4) is 22.3 Å². The maximum atomic E-state index is 6.45. The lowest BCUT2D eigenvalue weighted by Gasteiger charge is -2.31. The number of fused-ring (bicyclic) bond motifs is 1. The zero-order valence-corrected chi connectivity index (χ0v) is 16.9. The van der Waals surface area contributed by atoms with Crippen molar-refractivity contribution >= 4 is 22.9 Å². The van der Waals surface area contributed by atoms with Gasteiger partial charge >= 0.3 is 0 Å². The number of hydrogen-bond acceptors (Lipinski definition) is 8. The van der Waals surface area contributed by atoms with Gasteiger partial charge in [-0.05, 0) is 37.9 Å². The Hall–Kier alpha value is -2.16. The number of benzene rings is 1. The van der Waals surface area contributed by atoms with Crippen molar-refractivity contribution < 1.29 is 13.9 Å². The fraction of sp³-hybridized carbons (Fsp3) is 0.421. The van der Waals surface area contributed by atoms with Crippen LogP contribution in [0.1, 0.15) is 35.9 Å². The topological polar surface area (TPSA) is 73.5 Å². The van der Waals surface area contributed by atoms with Gasteiger partial charge in [-0.1, -0.05) is 11.6 Å². The summed E-state index contributed by atoms with van der Waals surface area (Å²) < 4.78 is 16.9. The molecule has 0 saturated carbocycles. The maximum absolute atomic E-state index is 6.45. The highest BCUT2D eigenvalue weighted by Crippen LogP contribution is 2.38. The number of piperidine rings is 1. The summed E-state index contributed by atoms with van der Waals surface area (Å²) in [5, 5.41) is 9.26. The monoisotopic (exact) mass is 418 g/mol. The molecular formula is C19H19ClN4O3S. The van der Waals surface area contributed by atoms with Crippen LogP contribution in [0, 0.1) is 6.92 Å². The Morgan fingerprint density at radius 2 is 2.11 bits per heavy atom. The minimum Gasteiger partial charge on any atom is -0.454 e. The molecule has 28 heavy (non-hydrogen) atoms. The van der Waals surface area contributed by atoms with Crippen molar-refractivity contribution in [1.82, 2.24) is 20.1 Å². The first-order chi connectivity index (χ1) is 13.7. The highest BCUT2D eigenvalue weighted by Gasteiger charge is 2.27. The van der Waals surface area contributed by atoms with E-state index in [1.807, 2.05) is 19.1 Å². The molecule has 1 aromatic carbocycles. The Morgan fingerprint density at radius 3 is 2.93 bits per heavy atom. The second-order valence-corrected chi connectivity index (χ2v) is 8.35. The SMILES string of the molecule is Cc1ncsc1-c1nnc([C@@H]2CCCN(Cc3cc4c(cc3Cl)OCO4)C2)o1. The number of likely N-dealkylation sites (tertiary alicyclic amines) is 1. The standard InChI is InChI=1S/C19H19ClN4O3S/c1-11-17(28-9-21-11)19-23-22-18(27-19)12-3-2-4-24(7-12)8-13-5-15-16(6-14(13)20)26-10-25-15/h5-6,9,12H,2-4,7-8,10H2,1H3/t12-/m1/s1. The number of halogens is 1. The fourth-order valence-corrected chi connectivity index (χ4v) is 4.66. The molecule has 2 aromatic heterocycles. The van der Waals surface area contributed by atoms with Crippen LogP contribution in [-0.2, 0) is 6.54 Å². The first-order valence-corrected chi connectivity index (χ1v) is 10.5. The third-order valence-corrected chi connectivity index (χ3v) is 6.44. The average Bonchev–Trinajstić information content (AvgIpc) is 3.42. The van der Waals surface area contributed by atoms with Crippen LogP contribution < -0.4 is 9.47 Å². The van der Waals surface area contributed by atoms with Crippen LogP contribution in [0.15, 0.2) is 22.1 Å². The van der Waals surface area contributed by atoms with Gasteiger partial charge in [0.1, 0.15) is 4.88 Å². The molecule has 0 radical (unpaired) electrons. The Bertz CT molecular complexity index is 1000. The predicted molar refractivity (Wildman–Crippen MR) is 105 cm³/mol. The van der Waals surface area contributed by atoms with E-state index in [0.29, 0.717) is 22.6 Å². The van der Waals surface area contributed by atoms with Crippen molar-refractivity contribution in [2.75, 3.05) is 19.9 Å². The second-order valence-electron chi connectivity index (χ2n) is 7.08. The minimum atomic E-state index is 0.219. The Labute approximate surface area is 171 Å². The van der Waals surface area contributed by atoms with Crippen molar-refractivity contribution in [1.29, 1.82) is 0 Å². The summed E-state index contributed by atoms with van der Waals surface area (Å²) in [4.78, 5) is 7.58. The second kappa shape index (κ2) is 7.35. The van der Waals surface area contributed by atoms with Crippen molar-refractivity contribution in [2.45, 2.75) is 32.2 Å². The van der Waals surface area contributed by atoms with Gasteiger partial charge < -0.3 is 13.9 Å². The summed E-state index contributed by atoms with van der Waals surface area (Å²) in [7, 11) is 0. The molecule has 1 fully saturated rings. The summed E-state index contributed by atoms with van der Waals surface area (Å²) in [6.07, 6.45) is 2.11. The minimum absolute atomic E-state index is 0.219. The number of hydrogen-bond donors (Lipinski definition) is 0. The summed E-state index contributed by atoms with van der Waals surface area (Å²) in [5.41, 5.74) is 3.76. The molecule has 7 nitrogen and oxygen atoms in total. The number of rotatable bonds is 4. The molecule has 0 amide bonds. The lowest BCUT2D eigenvalue weighted by Crippen LogP contribution is -2.34. The first kappa shape index (κ1) is 17.9. The Morgan fingerprint density at radius 1 is 1.25 bits per heavy atom. The third kappa shape index (κ3) is 3.36. The molecule has 9 heteroatoms. The van der Waals surface area contributed by atoms with Crippen LogP contribution in [0.5, 0.6) is 11.5 Å². The van der Waals surface area contributed by atoms with E-state index in [1.54, 1.807) is 5.51 Å². The van der Waals surface area contributed by atoms with E-state index in [1.165, 1.54) is 11.3 Å². The Balaban J connectivity index is 1.31. The van der Waals surface area contributed by atoms with Crippen molar-refractivity contribution in [3.63, 3.8) is 0 Å². The number of thiazole rings is 1. The summed E-state index contributed by atoms with van der Waals surface area (Å²) in [6, 6.07) is 3.81. The zero-order valence-electron chi connectivity index (χ0n) is 15.4. The summed E-state index contributed by atoms with van der Waals surface area (Å²) >= 11 is 7.97. The van der Waals surface area contributed by atoms with Gasteiger partial charge in [0.15, 0.2) is 11.5 Å². The van der Waals surface area contributed by atoms with E-state index in [-0.39, 0.29) is 12.7 Å². The van der Waals surface area contributed by atoms with Gasteiger partial charge in [-0.2, -0.15) is 0 Å². The van der Waals surface area contributed by atoms with E-state index >= 15 is 0 Å². The number of ether oxygens (including phenoxy) is 2. The smallest absolute Gasteiger partial charge is 0.259 e. The van der Waals surface area contributed by atoms with Crippen LogP contribution in [0.2, 0.25) is 5.02 Å². The molecule has 1 saturated heterocycles. The van der Waals surface area contributed by atoms with Crippen LogP contribution in [0.3, 0.4) is 0 Å². The molecule has 2 aliphatic heterocycles. The summed E-state index contributed by atoms with van der Waals surface area (Å²) in [6.45, 7) is 4.82. The molecule has 146 valence electrons. The number of nitrogens with zero attached hydrogens (tertiary/aromatic N) is 4. The van der Waals surface area contributed by atoms with E-state index in [9.17, 15) is 0 Å². The van der Waals surface area contributed by atoms with Gasteiger partial charge in [-0.15, -0.1) is 21.5 Å². The van der Waals surface area contributed by atoms with Crippen LogP contribution in [0.25, 0.3) is 10.8 Å². The molecule has 0 aliphatic carbocycles. The van der Waals surface area contributed by atoms with Gasteiger partial charge in [0.05, 0.1) is 17.1 Å². The largest absolute Gasteiger partial charge is 0.454 e. The number of aryl methyl sites for hydroxylation is 1. The molecule has 3 aromatic rings. The fourth-order valence-electron chi connectivity index (χ4n) is 3.72. The van der Waals surface area contributed by atoms with Gasteiger partial charge in [0.25, 0.3) is 5.89 Å². The van der Waals surface area contributed by atoms with Gasteiger partial charge in [-0.25, -0.2) is 4.98 Å². The lowest BCUT2D eigenvalue weighted by molar-refractivity contribution is 0.173. The van der Waals surface area contributed by atoms with Crippen LogP contribution in [0.4, 0.5) is 0 Å². The quantitative estimate of drug-likeness (QED) is 0.626. The number of aromatic nitrogens is 3. The van der Waals surface area contributed by atoms with Crippen LogP contribution in [-0.4, -0.2) is 40.0 Å². The average molecular weight is 419 g/mol. The van der Waals surface area contributed by atoms with E-state index in [2.05, 4.69) is 20.1 Å². The molecule has 0 spiro atoms. The van der Waals surface area contributed by atoms with Gasteiger partial charge in [-0.3, -0.25) is 4.90 Å². The highest BCUT2D eigenvalue weighted by atomic mass is 35.5. The van der Waals surface area contributed by atoms with Gasteiger partial charge in [0, 0.05) is 24.2 Å². The molecule has 0 N–H and O–H groups in total. The highest BCUT2D eigenvalue weighted by molar-refractivity contribution is 7.13. The first-order valence-electron chi connectivity index (χ1n) is 9.21. The molecule has 0 unspecified atom stereocenters. The lowest BCUT2D eigenvalue weighted by atomic mass is 9.97. The maximum Gasteiger partial charge on any atom is 0.259 e. The molecule has 4 heterocycles. The third-order valence-electron chi connectivity index (χ3n) is 5.17. The Kier molecular flexibility index (Phi) is 4.70. The summed E-state index contributed by atoms with van der Waals surface area (Å²) in [5.74, 6) is 2.95. The molecule has 1 atom stereocenters. The molecule has 5 rings (SSSR count). The zero-order chi connectivity index (χ0) is 19.1. The van der Waals surface area contributed by atoms with Gasteiger partial charge in [0.2, 0.25) is 12.7 Å². The van der Waals surface area contributed by atoms with E-state index < -0.39 is 0 Å². The molecular weight excluding hydrogens is 400 g/mol. The van der Waals surface area contributed by atoms with E-state index in [0.717, 1.165) is 54.4 Å².